The molecule has 0 saturated carbocycles. The molecule has 0 aliphatic rings. The van der Waals surface area contributed by atoms with Gasteiger partial charge in [0, 0.05) is 6.42 Å². The molecular weight excluding hydrogens is 254 g/mol. The van der Waals surface area contributed by atoms with Crippen LogP contribution in [-0.2, 0) is 12.8 Å². The molecule has 20 heavy (non-hydrogen) atoms. The maximum atomic E-state index is 5.98. The van der Waals surface area contributed by atoms with Crippen LogP contribution >= 0.6 is 0 Å². The Morgan fingerprint density at radius 3 is 2.45 bits per heavy atom. The predicted molar refractivity (Wildman–Crippen MR) is 76.5 cm³/mol. The molecule has 0 spiro atoms. The van der Waals surface area contributed by atoms with E-state index in [4.69, 9.17) is 14.9 Å². The third-order valence-electron chi connectivity index (χ3n) is 3.27. The molecule has 1 atom stereocenters. The van der Waals surface area contributed by atoms with E-state index in [0.29, 0.717) is 18.2 Å². The molecular formula is C15H21N3O2. The quantitative estimate of drug-likeness (QED) is 0.876. The molecule has 0 aliphatic heterocycles. The van der Waals surface area contributed by atoms with Gasteiger partial charge in [-0.05, 0) is 30.0 Å². The van der Waals surface area contributed by atoms with E-state index in [1.54, 1.807) is 7.11 Å². The molecule has 5 heteroatoms. The molecule has 0 aliphatic carbocycles. The van der Waals surface area contributed by atoms with Gasteiger partial charge in [-0.1, -0.05) is 26.0 Å². The second-order valence-corrected chi connectivity index (χ2v) is 5.15. The lowest BCUT2D eigenvalue weighted by molar-refractivity contribution is 0.370. The first-order chi connectivity index (χ1) is 9.60. The highest BCUT2D eigenvalue weighted by Gasteiger charge is 2.17. The van der Waals surface area contributed by atoms with Gasteiger partial charge in [0.25, 0.3) is 0 Å². The smallest absolute Gasteiger partial charge is 0.233 e. The van der Waals surface area contributed by atoms with Crippen molar-refractivity contribution in [2.75, 3.05) is 7.11 Å². The highest BCUT2D eigenvalue weighted by molar-refractivity contribution is 5.27. The zero-order valence-electron chi connectivity index (χ0n) is 12.2. The average molecular weight is 275 g/mol. The molecule has 1 unspecified atom stereocenters. The minimum absolute atomic E-state index is 0.197. The van der Waals surface area contributed by atoms with Gasteiger partial charge in [-0.3, -0.25) is 0 Å². The largest absolute Gasteiger partial charge is 0.497 e. The molecule has 108 valence electrons. The summed E-state index contributed by atoms with van der Waals surface area (Å²) < 4.78 is 10.7. The van der Waals surface area contributed by atoms with Crippen LogP contribution in [0.4, 0.5) is 0 Å². The first-order valence-electron chi connectivity index (χ1n) is 6.81. The molecule has 1 heterocycles. The molecule has 0 amide bonds. The summed E-state index contributed by atoms with van der Waals surface area (Å²) in [6.45, 7) is 4.07. The Balaban J connectivity index is 1.93. The minimum Gasteiger partial charge on any atom is -0.497 e. The van der Waals surface area contributed by atoms with Gasteiger partial charge in [0.15, 0.2) is 0 Å². The first kappa shape index (κ1) is 14.5. The van der Waals surface area contributed by atoms with Crippen LogP contribution in [0.2, 0.25) is 0 Å². The Morgan fingerprint density at radius 1 is 1.15 bits per heavy atom. The van der Waals surface area contributed by atoms with Crippen molar-refractivity contribution in [1.82, 2.24) is 10.2 Å². The lowest BCUT2D eigenvalue weighted by atomic mass is 10.1. The third-order valence-corrected chi connectivity index (χ3v) is 3.27. The van der Waals surface area contributed by atoms with E-state index in [0.717, 1.165) is 12.2 Å². The number of rotatable bonds is 6. The van der Waals surface area contributed by atoms with Gasteiger partial charge < -0.3 is 14.9 Å². The monoisotopic (exact) mass is 275 g/mol. The van der Waals surface area contributed by atoms with Crippen molar-refractivity contribution in [3.05, 3.63) is 41.6 Å². The topological polar surface area (TPSA) is 74.2 Å². The van der Waals surface area contributed by atoms with Crippen molar-refractivity contribution >= 4 is 0 Å². The molecule has 0 fully saturated rings. The van der Waals surface area contributed by atoms with Gasteiger partial charge in [-0.15, -0.1) is 10.2 Å². The summed E-state index contributed by atoms with van der Waals surface area (Å²) in [6.07, 6.45) is 1.56. The van der Waals surface area contributed by atoms with E-state index in [-0.39, 0.29) is 12.0 Å². The SMILES string of the molecule is COc1ccc(CCc2nnc(C(N)C(C)C)o2)cc1. The second-order valence-electron chi connectivity index (χ2n) is 5.15. The fraction of sp³-hybridized carbons (Fsp3) is 0.467. The Bertz CT molecular complexity index is 534. The zero-order valence-corrected chi connectivity index (χ0v) is 12.2. The van der Waals surface area contributed by atoms with Gasteiger partial charge in [0.2, 0.25) is 11.8 Å². The van der Waals surface area contributed by atoms with Crippen LogP contribution in [0.1, 0.15) is 37.2 Å². The number of nitrogens with two attached hydrogens (primary N) is 1. The number of hydrogen-bond acceptors (Lipinski definition) is 5. The zero-order chi connectivity index (χ0) is 14.5. The molecule has 2 rings (SSSR count). The third kappa shape index (κ3) is 3.57. The predicted octanol–water partition coefficient (Wildman–Crippen LogP) is 2.52. The molecule has 0 bridgehead atoms. The summed E-state index contributed by atoms with van der Waals surface area (Å²) in [7, 11) is 1.66. The Hall–Kier alpha value is -1.88. The number of hydrogen-bond donors (Lipinski definition) is 1. The van der Waals surface area contributed by atoms with Crippen LogP contribution < -0.4 is 10.5 Å². The minimum atomic E-state index is -0.197. The fourth-order valence-corrected chi connectivity index (χ4v) is 1.83. The molecule has 2 N–H and O–H groups in total. The lowest BCUT2D eigenvalue weighted by Crippen LogP contribution is -2.16. The molecule has 1 aromatic heterocycles. The molecule has 0 saturated heterocycles. The molecule has 5 nitrogen and oxygen atoms in total. The normalized spacial score (nSPS) is 12.7. The molecule has 0 radical (unpaired) electrons. The summed E-state index contributed by atoms with van der Waals surface area (Å²) in [6, 6.07) is 7.77. The standard InChI is InChI=1S/C15H21N3O2/c1-10(2)14(16)15-18-17-13(20-15)9-6-11-4-7-12(19-3)8-5-11/h4-5,7-8,10,14H,6,9,16H2,1-3H3. The van der Waals surface area contributed by atoms with Crippen LogP contribution in [0.3, 0.4) is 0 Å². The maximum Gasteiger partial charge on any atom is 0.233 e. The van der Waals surface area contributed by atoms with Crippen LogP contribution in [0.25, 0.3) is 0 Å². The Labute approximate surface area is 119 Å². The summed E-state index contributed by atoms with van der Waals surface area (Å²) in [5.74, 6) is 2.29. The van der Waals surface area contributed by atoms with E-state index >= 15 is 0 Å². The average Bonchev–Trinajstić information content (AvgIpc) is 2.93. The van der Waals surface area contributed by atoms with Gasteiger partial charge in [0.1, 0.15) is 5.75 Å². The van der Waals surface area contributed by atoms with Gasteiger partial charge in [-0.2, -0.15) is 0 Å². The van der Waals surface area contributed by atoms with Crippen molar-refractivity contribution in [3.63, 3.8) is 0 Å². The van der Waals surface area contributed by atoms with Crippen LogP contribution in [0, 0.1) is 5.92 Å². The Kier molecular flexibility index (Phi) is 4.74. The van der Waals surface area contributed by atoms with Gasteiger partial charge in [0.05, 0.1) is 13.2 Å². The van der Waals surface area contributed by atoms with Crippen LogP contribution in [0.5, 0.6) is 5.75 Å². The Morgan fingerprint density at radius 2 is 1.85 bits per heavy atom. The highest BCUT2D eigenvalue weighted by atomic mass is 16.5. The lowest BCUT2D eigenvalue weighted by Gasteiger charge is -2.09. The number of aromatic nitrogens is 2. The number of benzene rings is 1. The summed E-state index contributed by atoms with van der Waals surface area (Å²) >= 11 is 0. The maximum absolute atomic E-state index is 5.98. The van der Waals surface area contributed by atoms with Crippen LogP contribution in [-0.4, -0.2) is 17.3 Å². The van der Waals surface area contributed by atoms with E-state index < -0.39 is 0 Å². The number of aryl methyl sites for hydroxylation is 2. The fourth-order valence-electron chi connectivity index (χ4n) is 1.83. The van der Waals surface area contributed by atoms with Crippen LogP contribution in [0.15, 0.2) is 28.7 Å². The number of nitrogens with zero attached hydrogens (tertiary/aromatic N) is 2. The van der Waals surface area contributed by atoms with E-state index in [1.165, 1.54) is 5.56 Å². The van der Waals surface area contributed by atoms with Crippen molar-refractivity contribution in [1.29, 1.82) is 0 Å². The van der Waals surface area contributed by atoms with Crippen molar-refractivity contribution in [3.8, 4) is 5.75 Å². The van der Waals surface area contributed by atoms with Crippen molar-refractivity contribution < 1.29 is 9.15 Å². The molecule has 2 aromatic rings. The highest BCUT2D eigenvalue weighted by Crippen LogP contribution is 2.18. The van der Waals surface area contributed by atoms with Crippen molar-refractivity contribution in [2.24, 2.45) is 11.7 Å². The van der Waals surface area contributed by atoms with Crippen molar-refractivity contribution in [2.45, 2.75) is 32.7 Å². The van der Waals surface area contributed by atoms with Gasteiger partial charge >= 0.3 is 0 Å². The van der Waals surface area contributed by atoms with E-state index in [2.05, 4.69) is 10.2 Å². The van der Waals surface area contributed by atoms with E-state index in [1.807, 2.05) is 38.1 Å². The number of ether oxygens (including phenoxy) is 1. The van der Waals surface area contributed by atoms with E-state index in [9.17, 15) is 0 Å². The number of methoxy groups -OCH3 is 1. The summed E-state index contributed by atoms with van der Waals surface area (Å²) in [5.41, 5.74) is 7.19. The second kappa shape index (κ2) is 6.52. The first-order valence-corrected chi connectivity index (χ1v) is 6.81. The molecule has 1 aromatic carbocycles. The van der Waals surface area contributed by atoms with Gasteiger partial charge in [-0.25, -0.2) is 0 Å². The summed E-state index contributed by atoms with van der Waals surface area (Å²) in [5, 5.41) is 8.06. The summed E-state index contributed by atoms with van der Waals surface area (Å²) in [4.78, 5) is 0.